The fraction of sp³-hybridized carbons (Fsp3) is 0.444. The number of ether oxygens (including phenoxy) is 1. The minimum atomic E-state index is 0.692. The topological polar surface area (TPSA) is 50.3 Å². The minimum Gasteiger partial charge on any atom is -0.494 e. The van der Waals surface area contributed by atoms with Gasteiger partial charge in [0.25, 0.3) is 0 Å². The van der Waals surface area contributed by atoms with Crippen molar-refractivity contribution in [2.45, 2.75) is 13.3 Å². The van der Waals surface area contributed by atoms with E-state index in [4.69, 9.17) is 4.74 Å². The van der Waals surface area contributed by atoms with Crippen LogP contribution in [0, 0.1) is 6.92 Å². The lowest BCUT2D eigenvalue weighted by Gasteiger charge is -2.27. The van der Waals surface area contributed by atoms with Crippen molar-refractivity contribution in [1.82, 2.24) is 9.97 Å². The normalized spacial score (nSPS) is 14.5. The molecule has 1 fully saturated rings. The Balaban J connectivity index is 1.40. The van der Waals surface area contributed by atoms with Crippen LogP contribution in [-0.2, 0) is 0 Å². The fourth-order valence-electron chi connectivity index (χ4n) is 2.52. The standard InChI is InChI=1S/C18H24N4OS/c1-15-3-5-16(6-4-15)23-10-2-7-19-17-13-18(21-14-20-17)22-8-11-24-12-9-22/h3-6,13-14H,2,7-12H2,1H3,(H,19,20,21). The molecule has 0 saturated carbocycles. The van der Waals surface area contributed by atoms with Gasteiger partial charge in [0.05, 0.1) is 6.61 Å². The molecule has 5 nitrogen and oxygen atoms in total. The maximum Gasteiger partial charge on any atom is 0.134 e. The lowest BCUT2D eigenvalue weighted by molar-refractivity contribution is 0.315. The fourth-order valence-corrected chi connectivity index (χ4v) is 3.43. The molecule has 0 spiro atoms. The predicted molar refractivity (Wildman–Crippen MR) is 101 cm³/mol. The van der Waals surface area contributed by atoms with Gasteiger partial charge in [-0.25, -0.2) is 9.97 Å². The molecule has 0 atom stereocenters. The van der Waals surface area contributed by atoms with Crippen LogP contribution in [-0.4, -0.2) is 47.7 Å². The van der Waals surface area contributed by atoms with E-state index in [1.165, 1.54) is 17.1 Å². The Labute approximate surface area is 147 Å². The van der Waals surface area contributed by atoms with Gasteiger partial charge in [0.15, 0.2) is 0 Å². The van der Waals surface area contributed by atoms with E-state index in [9.17, 15) is 0 Å². The first-order chi connectivity index (χ1) is 11.8. The lowest BCUT2D eigenvalue weighted by Crippen LogP contribution is -2.33. The van der Waals surface area contributed by atoms with Gasteiger partial charge in [-0.1, -0.05) is 17.7 Å². The van der Waals surface area contributed by atoms with Crippen LogP contribution >= 0.6 is 11.8 Å². The van der Waals surface area contributed by atoms with E-state index in [2.05, 4.69) is 39.2 Å². The van der Waals surface area contributed by atoms with Crippen molar-refractivity contribution >= 4 is 23.4 Å². The monoisotopic (exact) mass is 344 g/mol. The van der Waals surface area contributed by atoms with Gasteiger partial charge in [-0.2, -0.15) is 11.8 Å². The second-order valence-corrected chi connectivity index (χ2v) is 7.03. The molecule has 2 heterocycles. The zero-order chi connectivity index (χ0) is 16.6. The number of hydrogen-bond donors (Lipinski definition) is 1. The van der Waals surface area contributed by atoms with Crippen LogP contribution in [0.5, 0.6) is 5.75 Å². The van der Waals surface area contributed by atoms with Crippen LogP contribution in [0.2, 0.25) is 0 Å². The Bertz CT molecular complexity index is 629. The average molecular weight is 344 g/mol. The molecule has 128 valence electrons. The molecule has 0 aliphatic carbocycles. The van der Waals surface area contributed by atoms with E-state index in [0.29, 0.717) is 6.61 Å². The third kappa shape index (κ3) is 5.03. The molecule has 2 aromatic rings. The number of benzene rings is 1. The lowest BCUT2D eigenvalue weighted by atomic mass is 10.2. The largest absolute Gasteiger partial charge is 0.494 e. The predicted octanol–water partition coefficient (Wildman–Crippen LogP) is 3.22. The van der Waals surface area contributed by atoms with Gasteiger partial charge < -0.3 is 15.0 Å². The first kappa shape index (κ1) is 16.9. The van der Waals surface area contributed by atoms with E-state index < -0.39 is 0 Å². The Morgan fingerprint density at radius 3 is 2.75 bits per heavy atom. The van der Waals surface area contributed by atoms with E-state index >= 15 is 0 Å². The summed E-state index contributed by atoms with van der Waals surface area (Å²) < 4.78 is 5.73. The van der Waals surface area contributed by atoms with E-state index in [-0.39, 0.29) is 0 Å². The van der Waals surface area contributed by atoms with Crippen molar-refractivity contribution in [2.75, 3.05) is 48.0 Å². The summed E-state index contributed by atoms with van der Waals surface area (Å²) in [6.45, 7) is 5.72. The van der Waals surface area contributed by atoms with Gasteiger partial charge in [0, 0.05) is 37.2 Å². The summed E-state index contributed by atoms with van der Waals surface area (Å²) in [5.41, 5.74) is 1.25. The molecule has 24 heavy (non-hydrogen) atoms. The van der Waals surface area contributed by atoms with Crippen LogP contribution < -0.4 is 15.0 Å². The van der Waals surface area contributed by atoms with Crippen LogP contribution in [0.25, 0.3) is 0 Å². The second kappa shape index (κ2) is 8.78. The molecular formula is C18H24N4OS. The van der Waals surface area contributed by atoms with E-state index in [0.717, 1.165) is 43.4 Å². The van der Waals surface area contributed by atoms with Crippen molar-refractivity contribution in [3.63, 3.8) is 0 Å². The average Bonchev–Trinajstić information content (AvgIpc) is 2.64. The zero-order valence-corrected chi connectivity index (χ0v) is 14.9. The summed E-state index contributed by atoms with van der Waals surface area (Å²) in [5, 5.41) is 3.36. The Kier molecular flexibility index (Phi) is 6.18. The van der Waals surface area contributed by atoms with Gasteiger partial charge in [0.2, 0.25) is 0 Å². The number of aromatic nitrogens is 2. The number of nitrogens with zero attached hydrogens (tertiary/aromatic N) is 3. The third-order valence-corrected chi connectivity index (χ3v) is 4.85. The maximum atomic E-state index is 5.73. The number of rotatable bonds is 7. The van der Waals surface area contributed by atoms with Gasteiger partial charge in [0.1, 0.15) is 23.7 Å². The smallest absolute Gasteiger partial charge is 0.134 e. The highest BCUT2D eigenvalue weighted by atomic mass is 32.2. The summed E-state index contributed by atoms with van der Waals surface area (Å²) in [7, 11) is 0. The zero-order valence-electron chi connectivity index (χ0n) is 14.1. The summed E-state index contributed by atoms with van der Waals surface area (Å²) in [4.78, 5) is 11.0. The number of aryl methyl sites for hydroxylation is 1. The second-order valence-electron chi connectivity index (χ2n) is 5.80. The van der Waals surface area contributed by atoms with Gasteiger partial charge in [-0.3, -0.25) is 0 Å². The molecule has 1 aliphatic rings. The minimum absolute atomic E-state index is 0.692. The van der Waals surface area contributed by atoms with Crippen molar-refractivity contribution in [3.8, 4) is 5.75 Å². The van der Waals surface area contributed by atoms with Crippen LogP contribution in [0.15, 0.2) is 36.7 Å². The molecule has 1 N–H and O–H groups in total. The van der Waals surface area contributed by atoms with Crippen LogP contribution in [0.1, 0.15) is 12.0 Å². The van der Waals surface area contributed by atoms with Gasteiger partial charge >= 0.3 is 0 Å². The van der Waals surface area contributed by atoms with Gasteiger partial charge in [-0.15, -0.1) is 0 Å². The quantitative estimate of drug-likeness (QED) is 0.778. The highest BCUT2D eigenvalue weighted by Crippen LogP contribution is 2.18. The molecule has 1 saturated heterocycles. The van der Waals surface area contributed by atoms with Crippen molar-refractivity contribution in [1.29, 1.82) is 0 Å². The third-order valence-electron chi connectivity index (χ3n) is 3.90. The van der Waals surface area contributed by atoms with E-state index in [1.54, 1.807) is 6.33 Å². The molecular weight excluding hydrogens is 320 g/mol. The molecule has 1 aromatic heterocycles. The summed E-state index contributed by atoms with van der Waals surface area (Å²) in [6.07, 6.45) is 2.57. The molecule has 1 aromatic carbocycles. The molecule has 0 radical (unpaired) electrons. The molecule has 1 aliphatic heterocycles. The molecule has 6 heteroatoms. The molecule has 3 rings (SSSR count). The number of nitrogens with one attached hydrogen (secondary N) is 1. The SMILES string of the molecule is Cc1ccc(OCCCNc2cc(N3CCSCC3)ncn2)cc1. The number of thioether (sulfide) groups is 1. The first-order valence-electron chi connectivity index (χ1n) is 8.39. The van der Waals surface area contributed by atoms with Crippen molar-refractivity contribution in [2.24, 2.45) is 0 Å². The summed E-state index contributed by atoms with van der Waals surface area (Å²) in [5.74, 6) is 5.16. The highest BCUT2D eigenvalue weighted by molar-refractivity contribution is 7.99. The Morgan fingerprint density at radius 1 is 1.17 bits per heavy atom. The molecule has 0 bridgehead atoms. The van der Waals surface area contributed by atoms with E-state index in [1.807, 2.05) is 30.0 Å². The highest BCUT2D eigenvalue weighted by Gasteiger charge is 2.12. The maximum absolute atomic E-state index is 5.73. The molecule has 0 amide bonds. The van der Waals surface area contributed by atoms with Crippen LogP contribution in [0.4, 0.5) is 11.6 Å². The van der Waals surface area contributed by atoms with Crippen molar-refractivity contribution in [3.05, 3.63) is 42.2 Å². The van der Waals surface area contributed by atoms with Crippen LogP contribution in [0.3, 0.4) is 0 Å². The number of anilines is 2. The van der Waals surface area contributed by atoms with Crippen molar-refractivity contribution < 1.29 is 4.74 Å². The summed E-state index contributed by atoms with van der Waals surface area (Å²) in [6, 6.07) is 10.2. The summed E-state index contributed by atoms with van der Waals surface area (Å²) >= 11 is 2.00. The first-order valence-corrected chi connectivity index (χ1v) is 9.55. The molecule has 0 unspecified atom stereocenters. The van der Waals surface area contributed by atoms with Gasteiger partial charge in [-0.05, 0) is 25.5 Å². The Morgan fingerprint density at radius 2 is 1.96 bits per heavy atom. The Hall–Kier alpha value is -1.95. The number of hydrogen-bond acceptors (Lipinski definition) is 6.